The lowest BCUT2D eigenvalue weighted by Crippen LogP contribution is -2.01. The molecule has 0 unspecified atom stereocenters. The third-order valence-electron chi connectivity index (χ3n) is 10.8. The number of hydrogen-bond donors (Lipinski definition) is 0. The fourth-order valence-electron chi connectivity index (χ4n) is 8.07. The van der Waals surface area contributed by atoms with Gasteiger partial charge in [-0.15, -0.1) is 11.3 Å². The molecule has 0 aliphatic heterocycles. The first-order chi connectivity index (χ1) is 28.7. The second kappa shape index (κ2) is 13.8. The predicted octanol–water partition coefficient (Wildman–Crippen LogP) is 14.0. The summed E-state index contributed by atoms with van der Waals surface area (Å²) < 4.78 is 8.98. The summed E-state index contributed by atoms with van der Waals surface area (Å²) in [6.45, 7) is 0. The summed E-state index contributed by atoms with van der Waals surface area (Å²) in [5, 5.41) is 14.1. The molecular formula is C52H30N4OS. The van der Waals surface area contributed by atoms with E-state index in [-0.39, 0.29) is 0 Å². The van der Waals surface area contributed by atoms with Crippen LogP contribution in [-0.4, -0.2) is 15.0 Å². The molecule has 0 N–H and O–H groups in total. The standard InChI is InChI=1S/C52H30N4OS/c53-31-32-11-8-14-36(29-32)38-15-4-5-16-40(38)51-54-50(55-52(56-51)43-19-10-22-47-49(43)42-17-6-7-21-46(42)58-47)37-27-28-41-45(30-37)57-44-20-9-18-39(48(41)44)35-25-23-34(24-26-35)33-12-2-1-3-13-33/h1-30H. The molecule has 5 nitrogen and oxygen atoms in total. The van der Waals surface area contributed by atoms with Crippen LogP contribution in [0.2, 0.25) is 0 Å². The molecule has 11 aromatic rings. The third-order valence-corrected chi connectivity index (χ3v) is 11.9. The molecule has 0 bridgehead atoms. The van der Waals surface area contributed by atoms with Crippen molar-refractivity contribution in [3.63, 3.8) is 0 Å². The first-order valence-electron chi connectivity index (χ1n) is 19.1. The molecular weight excluding hydrogens is 729 g/mol. The van der Waals surface area contributed by atoms with Crippen LogP contribution in [0.1, 0.15) is 5.56 Å². The average molecular weight is 759 g/mol. The third kappa shape index (κ3) is 5.73. The Balaban J connectivity index is 1.09. The molecule has 11 rings (SSSR count). The van der Waals surface area contributed by atoms with E-state index in [1.807, 2.05) is 60.7 Å². The summed E-state index contributed by atoms with van der Waals surface area (Å²) in [6, 6.07) is 64.5. The van der Waals surface area contributed by atoms with Gasteiger partial charge in [-0.25, -0.2) is 15.0 Å². The minimum absolute atomic E-state index is 0.538. The summed E-state index contributed by atoms with van der Waals surface area (Å²) in [6.07, 6.45) is 0. The van der Waals surface area contributed by atoms with Crippen molar-refractivity contribution in [1.29, 1.82) is 5.26 Å². The molecule has 0 aliphatic rings. The second-order valence-corrected chi connectivity index (χ2v) is 15.3. The summed E-state index contributed by atoms with van der Waals surface area (Å²) in [4.78, 5) is 15.6. The molecule has 0 atom stereocenters. The highest BCUT2D eigenvalue weighted by molar-refractivity contribution is 7.25. The van der Waals surface area contributed by atoms with E-state index in [2.05, 4.69) is 127 Å². The molecule has 3 aromatic heterocycles. The summed E-state index contributed by atoms with van der Waals surface area (Å²) in [7, 11) is 0. The average Bonchev–Trinajstić information content (AvgIpc) is 3.87. The minimum atomic E-state index is 0.538. The van der Waals surface area contributed by atoms with Crippen LogP contribution >= 0.6 is 11.3 Å². The minimum Gasteiger partial charge on any atom is -0.456 e. The van der Waals surface area contributed by atoms with Crippen LogP contribution in [0.25, 0.3) is 110 Å². The fourth-order valence-corrected chi connectivity index (χ4v) is 9.20. The van der Waals surface area contributed by atoms with Crippen LogP contribution < -0.4 is 0 Å². The van der Waals surface area contributed by atoms with E-state index in [9.17, 15) is 5.26 Å². The predicted molar refractivity (Wildman–Crippen MR) is 237 cm³/mol. The number of rotatable bonds is 6. The van der Waals surface area contributed by atoms with E-state index in [4.69, 9.17) is 19.4 Å². The van der Waals surface area contributed by atoms with Crippen molar-refractivity contribution in [3.05, 3.63) is 188 Å². The Morgan fingerprint density at radius 1 is 0.397 bits per heavy atom. The Bertz CT molecular complexity index is 3410. The number of nitriles is 1. The van der Waals surface area contributed by atoms with E-state index in [1.54, 1.807) is 11.3 Å². The first-order valence-corrected chi connectivity index (χ1v) is 19.9. The SMILES string of the molecule is N#Cc1cccc(-c2ccccc2-c2nc(-c3ccc4c(c3)oc3cccc(-c5ccc(-c6ccccc6)cc5)c34)nc(-c3cccc4sc5ccccc5c34)n2)c1. The van der Waals surface area contributed by atoms with E-state index >= 15 is 0 Å². The normalized spacial score (nSPS) is 11.4. The van der Waals surface area contributed by atoms with E-state index in [1.165, 1.54) is 25.9 Å². The Hall–Kier alpha value is -7.72. The largest absolute Gasteiger partial charge is 0.456 e. The number of nitrogens with zero attached hydrogens (tertiary/aromatic N) is 4. The number of thiophene rings is 1. The highest BCUT2D eigenvalue weighted by Crippen LogP contribution is 2.42. The molecule has 0 saturated carbocycles. The van der Waals surface area contributed by atoms with Gasteiger partial charge in [0.2, 0.25) is 0 Å². The summed E-state index contributed by atoms with van der Waals surface area (Å²) >= 11 is 1.77. The van der Waals surface area contributed by atoms with Crippen LogP contribution in [0.4, 0.5) is 0 Å². The molecule has 0 amide bonds. The van der Waals surface area contributed by atoms with Crippen LogP contribution in [0.5, 0.6) is 0 Å². The zero-order chi connectivity index (χ0) is 38.6. The van der Waals surface area contributed by atoms with Crippen molar-refractivity contribution >= 4 is 53.4 Å². The Morgan fingerprint density at radius 3 is 1.88 bits per heavy atom. The van der Waals surface area contributed by atoms with Gasteiger partial charge in [-0.1, -0.05) is 140 Å². The van der Waals surface area contributed by atoms with Gasteiger partial charge in [0, 0.05) is 47.6 Å². The molecule has 8 aromatic carbocycles. The lowest BCUT2D eigenvalue weighted by molar-refractivity contribution is 0.669. The zero-order valence-corrected chi connectivity index (χ0v) is 31.7. The fraction of sp³-hybridized carbons (Fsp3) is 0. The molecule has 0 saturated heterocycles. The van der Waals surface area contributed by atoms with Crippen LogP contribution in [0, 0.1) is 11.3 Å². The Kier molecular flexibility index (Phi) is 7.99. The van der Waals surface area contributed by atoms with Crippen molar-refractivity contribution in [2.45, 2.75) is 0 Å². The Morgan fingerprint density at radius 2 is 1.02 bits per heavy atom. The lowest BCUT2D eigenvalue weighted by atomic mass is 9.96. The molecule has 0 radical (unpaired) electrons. The highest BCUT2D eigenvalue weighted by atomic mass is 32.1. The smallest absolute Gasteiger partial charge is 0.164 e. The van der Waals surface area contributed by atoms with Crippen molar-refractivity contribution in [1.82, 2.24) is 15.0 Å². The van der Waals surface area contributed by atoms with Crippen LogP contribution in [0.15, 0.2) is 186 Å². The highest BCUT2D eigenvalue weighted by Gasteiger charge is 2.20. The summed E-state index contributed by atoms with van der Waals surface area (Å²) in [5.41, 5.74) is 11.2. The number of aromatic nitrogens is 3. The molecule has 0 spiro atoms. The van der Waals surface area contributed by atoms with Crippen molar-refractivity contribution < 1.29 is 4.42 Å². The Labute approximate surface area is 337 Å². The first kappa shape index (κ1) is 33.6. The van der Waals surface area contributed by atoms with E-state index < -0.39 is 0 Å². The zero-order valence-electron chi connectivity index (χ0n) is 30.9. The number of hydrogen-bond acceptors (Lipinski definition) is 6. The van der Waals surface area contributed by atoms with Crippen LogP contribution in [-0.2, 0) is 0 Å². The van der Waals surface area contributed by atoms with Gasteiger partial charge in [0.25, 0.3) is 0 Å². The van der Waals surface area contributed by atoms with Gasteiger partial charge in [0.1, 0.15) is 11.2 Å². The van der Waals surface area contributed by atoms with Crippen LogP contribution in [0.3, 0.4) is 0 Å². The molecule has 0 aliphatic carbocycles. The van der Waals surface area contributed by atoms with Crippen molar-refractivity contribution in [2.24, 2.45) is 0 Å². The van der Waals surface area contributed by atoms with Gasteiger partial charge >= 0.3 is 0 Å². The van der Waals surface area contributed by atoms with Gasteiger partial charge in [-0.2, -0.15) is 5.26 Å². The molecule has 0 fully saturated rings. The molecule has 270 valence electrons. The van der Waals surface area contributed by atoms with Crippen molar-refractivity contribution in [3.8, 4) is 73.6 Å². The molecule has 3 heterocycles. The maximum atomic E-state index is 9.72. The maximum absolute atomic E-state index is 9.72. The lowest BCUT2D eigenvalue weighted by Gasteiger charge is -2.13. The molecule has 6 heteroatoms. The van der Waals surface area contributed by atoms with Gasteiger partial charge in [-0.3, -0.25) is 0 Å². The van der Waals surface area contributed by atoms with E-state index in [0.717, 1.165) is 66.3 Å². The number of furan rings is 1. The van der Waals surface area contributed by atoms with Crippen molar-refractivity contribution in [2.75, 3.05) is 0 Å². The second-order valence-electron chi connectivity index (χ2n) is 14.3. The van der Waals surface area contributed by atoms with Gasteiger partial charge < -0.3 is 4.42 Å². The summed E-state index contributed by atoms with van der Waals surface area (Å²) in [5.74, 6) is 1.66. The quantitative estimate of drug-likeness (QED) is 0.169. The van der Waals surface area contributed by atoms with Gasteiger partial charge in [0.15, 0.2) is 17.5 Å². The van der Waals surface area contributed by atoms with Gasteiger partial charge in [-0.05, 0) is 75.8 Å². The van der Waals surface area contributed by atoms with Gasteiger partial charge in [0.05, 0.1) is 11.6 Å². The molecule has 58 heavy (non-hydrogen) atoms. The maximum Gasteiger partial charge on any atom is 0.164 e. The monoisotopic (exact) mass is 758 g/mol. The topological polar surface area (TPSA) is 75.6 Å². The number of benzene rings is 8. The number of fused-ring (bicyclic) bond motifs is 6. The van der Waals surface area contributed by atoms with E-state index in [0.29, 0.717) is 23.0 Å².